The van der Waals surface area contributed by atoms with Crippen molar-refractivity contribution in [2.45, 2.75) is 40.4 Å². The van der Waals surface area contributed by atoms with E-state index in [1.165, 1.54) is 0 Å². The van der Waals surface area contributed by atoms with Crippen LogP contribution in [0.2, 0.25) is 0 Å². The second-order valence-electron chi connectivity index (χ2n) is 3.45. The molecule has 0 aromatic rings. The molecule has 66 valence electrons. The molecule has 11 heavy (non-hydrogen) atoms. The van der Waals surface area contributed by atoms with Crippen molar-refractivity contribution in [2.75, 3.05) is 0 Å². The third-order valence-electron chi connectivity index (χ3n) is 1.97. The molecule has 0 spiro atoms. The zero-order chi connectivity index (χ0) is 9.07. The fraction of sp³-hybridized carbons (Fsp3) is 0.778. The first kappa shape index (κ1) is 10.7. The quantitative estimate of drug-likeness (QED) is 0.484. The van der Waals surface area contributed by atoms with Gasteiger partial charge in [0.25, 0.3) is 0 Å². The Morgan fingerprint density at radius 3 is 2.00 bits per heavy atom. The summed E-state index contributed by atoms with van der Waals surface area (Å²) in [6, 6.07) is 0. The maximum absolute atomic E-state index is 9.03. The molecule has 0 aliphatic heterocycles. The number of aliphatic hydroxyl groups excluding tert-OH is 1. The normalized spacial score (nSPS) is 16.3. The monoisotopic (exact) mass is 158 g/mol. The summed E-state index contributed by atoms with van der Waals surface area (Å²) in [4.78, 5) is 0. The van der Waals surface area contributed by atoms with E-state index < -0.39 is 11.7 Å². The number of hydrogen-bond donors (Lipinski definition) is 2. The van der Waals surface area contributed by atoms with Gasteiger partial charge in [0.2, 0.25) is 0 Å². The Bertz CT molecular complexity index is 146. The molecular weight excluding hydrogens is 140 g/mol. The summed E-state index contributed by atoms with van der Waals surface area (Å²) in [5.41, 5.74) is 0.626. The van der Waals surface area contributed by atoms with Crippen molar-refractivity contribution in [1.29, 1.82) is 0 Å². The van der Waals surface area contributed by atoms with Crippen LogP contribution in [0.15, 0.2) is 11.6 Å². The molecule has 0 bridgehead atoms. The van der Waals surface area contributed by atoms with Crippen molar-refractivity contribution in [3.05, 3.63) is 11.6 Å². The smallest absolute Gasteiger partial charge is 0.160 e. The lowest BCUT2D eigenvalue weighted by Crippen LogP contribution is -2.29. The van der Waals surface area contributed by atoms with Gasteiger partial charge in [0, 0.05) is 5.41 Å². The summed E-state index contributed by atoms with van der Waals surface area (Å²) in [6.45, 7) is 7.69. The average molecular weight is 158 g/mol. The molecule has 0 aromatic carbocycles. The van der Waals surface area contributed by atoms with Gasteiger partial charge < -0.3 is 10.2 Å². The molecule has 1 unspecified atom stereocenters. The van der Waals surface area contributed by atoms with Crippen LogP contribution in [0, 0.1) is 5.41 Å². The van der Waals surface area contributed by atoms with Crippen LogP contribution in [0.25, 0.3) is 0 Å². The molecule has 0 aliphatic carbocycles. The van der Waals surface area contributed by atoms with E-state index >= 15 is 0 Å². The molecule has 0 rings (SSSR count). The van der Waals surface area contributed by atoms with Crippen molar-refractivity contribution < 1.29 is 10.2 Å². The van der Waals surface area contributed by atoms with Crippen molar-refractivity contribution >= 4 is 0 Å². The summed E-state index contributed by atoms with van der Waals surface area (Å²) < 4.78 is 0. The number of aliphatic hydroxyl groups is 2. The maximum Gasteiger partial charge on any atom is 0.160 e. The lowest BCUT2D eigenvalue weighted by molar-refractivity contribution is -0.110. The molecule has 0 aromatic heterocycles. The minimum Gasteiger partial charge on any atom is -0.367 e. The van der Waals surface area contributed by atoms with Gasteiger partial charge in [-0.25, -0.2) is 0 Å². The minimum absolute atomic E-state index is 0.487. The first-order chi connectivity index (χ1) is 4.92. The standard InChI is InChI=1S/C9H18O2/c1-5-9(4,8(10)11)6-7(2)3/h6,8,10-11H,5H2,1-4H3. The number of hydrogen-bond acceptors (Lipinski definition) is 2. The van der Waals surface area contributed by atoms with Crippen LogP contribution in [0.5, 0.6) is 0 Å². The summed E-state index contributed by atoms with van der Waals surface area (Å²) in [7, 11) is 0. The van der Waals surface area contributed by atoms with E-state index in [1.807, 2.05) is 33.8 Å². The zero-order valence-corrected chi connectivity index (χ0v) is 7.76. The average Bonchev–Trinajstić information content (AvgIpc) is 1.86. The zero-order valence-electron chi connectivity index (χ0n) is 7.76. The molecule has 0 saturated heterocycles. The van der Waals surface area contributed by atoms with Gasteiger partial charge in [-0.1, -0.05) is 25.5 Å². The Labute approximate surface area is 68.6 Å². The summed E-state index contributed by atoms with van der Waals surface area (Å²) >= 11 is 0. The van der Waals surface area contributed by atoms with Crippen LogP contribution >= 0.6 is 0 Å². The fourth-order valence-electron chi connectivity index (χ4n) is 1.02. The predicted octanol–water partition coefficient (Wildman–Crippen LogP) is 1.68. The molecule has 0 saturated carbocycles. The van der Waals surface area contributed by atoms with Gasteiger partial charge in [-0.2, -0.15) is 0 Å². The van der Waals surface area contributed by atoms with E-state index in [2.05, 4.69) is 0 Å². The van der Waals surface area contributed by atoms with E-state index in [-0.39, 0.29) is 0 Å². The Hall–Kier alpha value is -0.340. The Balaban J connectivity index is 4.48. The minimum atomic E-state index is -1.26. The highest BCUT2D eigenvalue weighted by Gasteiger charge is 2.26. The van der Waals surface area contributed by atoms with Crippen LogP contribution in [0.3, 0.4) is 0 Å². The van der Waals surface area contributed by atoms with Crippen LogP contribution < -0.4 is 0 Å². The van der Waals surface area contributed by atoms with E-state index in [4.69, 9.17) is 10.2 Å². The van der Waals surface area contributed by atoms with Crippen LogP contribution in [-0.2, 0) is 0 Å². The molecule has 0 heterocycles. The molecule has 1 atom stereocenters. The highest BCUT2D eigenvalue weighted by atomic mass is 16.5. The number of allylic oxidation sites excluding steroid dienone is 1. The molecule has 0 fully saturated rings. The van der Waals surface area contributed by atoms with E-state index in [0.717, 1.165) is 12.0 Å². The molecule has 2 heteroatoms. The second kappa shape index (κ2) is 3.88. The van der Waals surface area contributed by atoms with Crippen molar-refractivity contribution in [3.8, 4) is 0 Å². The Kier molecular flexibility index (Phi) is 3.76. The van der Waals surface area contributed by atoms with Gasteiger partial charge in [-0.05, 0) is 20.3 Å². The third-order valence-corrected chi connectivity index (χ3v) is 1.97. The van der Waals surface area contributed by atoms with Crippen LogP contribution in [0.1, 0.15) is 34.1 Å². The van der Waals surface area contributed by atoms with E-state index in [1.54, 1.807) is 0 Å². The Morgan fingerprint density at radius 1 is 1.45 bits per heavy atom. The van der Waals surface area contributed by atoms with Crippen LogP contribution in [-0.4, -0.2) is 16.5 Å². The summed E-state index contributed by atoms with van der Waals surface area (Å²) in [6.07, 6.45) is 1.37. The van der Waals surface area contributed by atoms with E-state index in [0.29, 0.717) is 0 Å². The molecular formula is C9H18O2. The van der Waals surface area contributed by atoms with Gasteiger partial charge in [-0.15, -0.1) is 0 Å². The van der Waals surface area contributed by atoms with Crippen LogP contribution in [0.4, 0.5) is 0 Å². The van der Waals surface area contributed by atoms with Gasteiger partial charge in [0.15, 0.2) is 6.29 Å². The highest BCUT2D eigenvalue weighted by molar-refractivity contribution is 5.04. The summed E-state index contributed by atoms with van der Waals surface area (Å²) in [5.74, 6) is 0. The maximum atomic E-state index is 9.03. The molecule has 0 radical (unpaired) electrons. The largest absolute Gasteiger partial charge is 0.367 e. The van der Waals surface area contributed by atoms with Gasteiger partial charge in [-0.3, -0.25) is 0 Å². The van der Waals surface area contributed by atoms with Crippen molar-refractivity contribution in [3.63, 3.8) is 0 Å². The lowest BCUT2D eigenvalue weighted by atomic mass is 9.85. The fourth-order valence-corrected chi connectivity index (χ4v) is 1.02. The molecule has 2 N–H and O–H groups in total. The molecule has 0 amide bonds. The topological polar surface area (TPSA) is 40.5 Å². The third kappa shape index (κ3) is 3.04. The first-order valence-electron chi connectivity index (χ1n) is 3.94. The number of rotatable bonds is 3. The van der Waals surface area contributed by atoms with E-state index in [9.17, 15) is 0 Å². The first-order valence-corrected chi connectivity index (χ1v) is 3.94. The van der Waals surface area contributed by atoms with Crippen molar-refractivity contribution in [1.82, 2.24) is 0 Å². The molecule has 2 nitrogen and oxygen atoms in total. The Morgan fingerprint density at radius 2 is 1.91 bits per heavy atom. The lowest BCUT2D eigenvalue weighted by Gasteiger charge is -2.26. The van der Waals surface area contributed by atoms with Gasteiger partial charge in [0.1, 0.15) is 0 Å². The molecule has 0 aliphatic rings. The van der Waals surface area contributed by atoms with Gasteiger partial charge >= 0.3 is 0 Å². The highest BCUT2D eigenvalue weighted by Crippen LogP contribution is 2.27. The second-order valence-corrected chi connectivity index (χ2v) is 3.45. The van der Waals surface area contributed by atoms with Gasteiger partial charge in [0.05, 0.1) is 0 Å². The summed E-state index contributed by atoms with van der Waals surface area (Å²) in [5, 5.41) is 18.1. The predicted molar refractivity (Wildman–Crippen MR) is 46.1 cm³/mol. The van der Waals surface area contributed by atoms with Crippen molar-refractivity contribution in [2.24, 2.45) is 5.41 Å². The SMILES string of the molecule is CCC(C)(C=C(C)C)C(O)O.